The van der Waals surface area contributed by atoms with Gasteiger partial charge in [-0.2, -0.15) is 0 Å². The first-order valence-electron chi connectivity index (χ1n) is 4.66. The molecule has 0 aromatic heterocycles. The Morgan fingerprint density at radius 3 is 2.54 bits per heavy atom. The van der Waals surface area contributed by atoms with E-state index in [4.69, 9.17) is 4.89 Å². The molecule has 13 heavy (non-hydrogen) atoms. The lowest BCUT2D eigenvalue weighted by Crippen LogP contribution is -2.04. The quantitative estimate of drug-likeness (QED) is 0.519. The average molecular weight is 212 g/mol. The van der Waals surface area contributed by atoms with E-state index >= 15 is 0 Å². The third-order valence-corrected chi connectivity index (χ3v) is 2.39. The second kappa shape index (κ2) is 6.52. The number of rotatable bonds is 7. The van der Waals surface area contributed by atoms with Crippen molar-refractivity contribution in [3.05, 3.63) is 0 Å². The molecular weight excluding hydrogens is 194 g/mol. The minimum atomic E-state index is -4.78. The zero-order chi connectivity index (χ0) is 10.3. The Balaban J connectivity index is 3.41. The van der Waals surface area contributed by atoms with Crippen LogP contribution in [0.5, 0.6) is 0 Å². The zero-order valence-electron chi connectivity index (χ0n) is 8.20. The van der Waals surface area contributed by atoms with Crippen molar-refractivity contribution in [1.82, 2.24) is 0 Å². The Morgan fingerprint density at radius 2 is 2.08 bits per heavy atom. The summed E-state index contributed by atoms with van der Waals surface area (Å²) < 4.78 is 26.5. The van der Waals surface area contributed by atoms with Crippen molar-refractivity contribution in [2.75, 3.05) is 0 Å². The number of hydrogen-bond acceptors (Lipinski definition) is 2. The van der Waals surface area contributed by atoms with E-state index in [0.29, 0.717) is 6.42 Å². The van der Waals surface area contributed by atoms with Crippen molar-refractivity contribution in [2.45, 2.75) is 52.1 Å². The molecule has 2 atom stereocenters. The van der Waals surface area contributed by atoms with E-state index in [-0.39, 0.29) is 0 Å². The van der Waals surface area contributed by atoms with Crippen molar-refractivity contribution >= 4 is 7.91 Å². The molecule has 0 rings (SSSR count). The summed E-state index contributed by atoms with van der Waals surface area (Å²) in [5.41, 5.74) is 0. The Bertz CT molecular complexity index is 169. The topological polar surface area (TPSA) is 46.5 Å². The molecule has 0 amide bonds. The molecule has 5 heteroatoms. The molecule has 0 heterocycles. The Morgan fingerprint density at radius 1 is 1.46 bits per heavy atom. The van der Waals surface area contributed by atoms with E-state index in [1.807, 2.05) is 0 Å². The Kier molecular flexibility index (Phi) is 6.56. The van der Waals surface area contributed by atoms with Crippen LogP contribution in [0.2, 0.25) is 0 Å². The monoisotopic (exact) mass is 212 g/mol. The third kappa shape index (κ3) is 10.00. The average Bonchev–Trinajstić information content (AvgIpc) is 1.94. The van der Waals surface area contributed by atoms with Crippen LogP contribution in [0.25, 0.3) is 0 Å². The second-order valence-electron chi connectivity index (χ2n) is 3.22. The third-order valence-electron chi connectivity index (χ3n) is 1.77. The highest BCUT2D eigenvalue weighted by Gasteiger charge is 2.20. The molecule has 0 aromatic carbocycles. The summed E-state index contributed by atoms with van der Waals surface area (Å²) in [6.45, 7) is 3.71. The van der Waals surface area contributed by atoms with Crippen molar-refractivity contribution in [2.24, 2.45) is 0 Å². The molecule has 0 fully saturated rings. The molecule has 0 spiro atoms. The van der Waals surface area contributed by atoms with E-state index in [9.17, 15) is 8.76 Å². The molecule has 0 saturated heterocycles. The summed E-state index contributed by atoms with van der Waals surface area (Å²) in [6, 6.07) is 0. The van der Waals surface area contributed by atoms with Crippen molar-refractivity contribution < 1.29 is 18.2 Å². The van der Waals surface area contributed by atoms with Crippen LogP contribution < -0.4 is 0 Å². The molecule has 3 nitrogen and oxygen atoms in total. The minimum Gasteiger partial charge on any atom is -0.299 e. The standard InChI is InChI=1S/C8H18FO3P/c1-3-4-5-6-7-8(2)12-13(9,10)11/h8H,3-7H2,1-2H3,(H,10,11). The molecule has 0 aliphatic carbocycles. The van der Waals surface area contributed by atoms with Gasteiger partial charge in [-0.3, -0.25) is 9.42 Å². The van der Waals surface area contributed by atoms with Gasteiger partial charge in [-0.25, -0.2) is 4.57 Å². The van der Waals surface area contributed by atoms with Crippen LogP contribution in [0.15, 0.2) is 0 Å². The maximum Gasteiger partial charge on any atom is 0.510 e. The van der Waals surface area contributed by atoms with E-state index in [0.717, 1.165) is 25.7 Å². The fraction of sp³-hybridized carbons (Fsp3) is 1.00. The fourth-order valence-corrected chi connectivity index (χ4v) is 1.68. The van der Waals surface area contributed by atoms with Gasteiger partial charge in [-0.15, -0.1) is 4.20 Å². The first kappa shape index (κ1) is 13.1. The van der Waals surface area contributed by atoms with E-state index < -0.39 is 14.0 Å². The first-order chi connectivity index (χ1) is 5.95. The molecule has 0 aromatic rings. The van der Waals surface area contributed by atoms with Gasteiger partial charge in [-0.1, -0.05) is 32.6 Å². The first-order valence-corrected chi connectivity index (χ1v) is 6.13. The maximum atomic E-state index is 12.1. The normalized spacial score (nSPS) is 18.2. The Labute approximate surface area is 79.0 Å². The summed E-state index contributed by atoms with van der Waals surface area (Å²) in [4.78, 5) is 8.26. The molecular formula is C8H18FO3P. The number of unbranched alkanes of at least 4 members (excludes halogenated alkanes) is 3. The summed E-state index contributed by atoms with van der Waals surface area (Å²) in [7, 11) is -4.78. The van der Waals surface area contributed by atoms with Crippen LogP contribution >= 0.6 is 7.91 Å². The molecule has 2 unspecified atom stereocenters. The van der Waals surface area contributed by atoms with Crippen LogP contribution in [0.4, 0.5) is 4.20 Å². The zero-order valence-corrected chi connectivity index (χ0v) is 9.10. The molecule has 0 aliphatic rings. The largest absolute Gasteiger partial charge is 0.510 e. The highest BCUT2D eigenvalue weighted by molar-refractivity contribution is 7.46. The SMILES string of the molecule is CCCCCCC(C)OP(=O)(O)F. The number of halogens is 1. The molecule has 80 valence electrons. The summed E-state index contributed by atoms with van der Waals surface area (Å²) >= 11 is 0. The summed E-state index contributed by atoms with van der Waals surface area (Å²) in [5, 5.41) is 0. The van der Waals surface area contributed by atoms with Gasteiger partial charge >= 0.3 is 7.91 Å². The Hall–Kier alpha value is 0.0800. The van der Waals surface area contributed by atoms with Gasteiger partial charge in [0.25, 0.3) is 0 Å². The van der Waals surface area contributed by atoms with Gasteiger partial charge in [0.1, 0.15) is 0 Å². The van der Waals surface area contributed by atoms with Gasteiger partial charge in [0.15, 0.2) is 0 Å². The summed E-state index contributed by atoms with van der Waals surface area (Å²) in [5.74, 6) is 0. The fourth-order valence-electron chi connectivity index (χ4n) is 1.13. The van der Waals surface area contributed by atoms with Crippen molar-refractivity contribution in [3.63, 3.8) is 0 Å². The predicted molar refractivity (Wildman–Crippen MR) is 50.2 cm³/mol. The smallest absolute Gasteiger partial charge is 0.299 e. The lowest BCUT2D eigenvalue weighted by Gasteiger charge is -2.11. The second-order valence-corrected chi connectivity index (χ2v) is 4.33. The molecule has 0 saturated carbocycles. The lowest BCUT2D eigenvalue weighted by molar-refractivity contribution is 0.155. The maximum absolute atomic E-state index is 12.1. The molecule has 0 bridgehead atoms. The van der Waals surface area contributed by atoms with Crippen LogP contribution in [0, 0.1) is 0 Å². The van der Waals surface area contributed by atoms with E-state index in [1.54, 1.807) is 6.92 Å². The predicted octanol–water partition coefficient (Wildman–Crippen LogP) is 3.43. The minimum absolute atomic E-state index is 0.474. The van der Waals surface area contributed by atoms with Gasteiger partial charge in [-0.05, 0) is 13.3 Å². The van der Waals surface area contributed by atoms with Gasteiger partial charge < -0.3 is 0 Å². The number of hydrogen-bond donors (Lipinski definition) is 1. The molecule has 1 N–H and O–H groups in total. The van der Waals surface area contributed by atoms with Gasteiger partial charge in [0.2, 0.25) is 0 Å². The molecule has 0 radical (unpaired) electrons. The van der Waals surface area contributed by atoms with Crippen molar-refractivity contribution in [1.29, 1.82) is 0 Å². The van der Waals surface area contributed by atoms with Gasteiger partial charge in [0.05, 0.1) is 6.10 Å². The van der Waals surface area contributed by atoms with Crippen LogP contribution in [0.1, 0.15) is 46.0 Å². The van der Waals surface area contributed by atoms with Crippen LogP contribution in [-0.4, -0.2) is 11.0 Å². The van der Waals surface area contributed by atoms with Gasteiger partial charge in [0, 0.05) is 0 Å². The summed E-state index contributed by atoms with van der Waals surface area (Å²) in [6.07, 6.45) is 4.41. The van der Waals surface area contributed by atoms with Crippen LogP contribution in [0.3, 0.4) is 0 Å². The van der Waals surface area contributed by atoms with Crippen molar-refractivity contribution in [3.8, 4) is 0 Å². The highest BCUT2D eigenvalue weighted by Crippen LogP contribution is 2.45. The molecule has 0 aliphatic heterocycles. The lowest BCUT2D eigenvalue weighted by atomic mass is 10.1. The van der Waals surface area contributed by atoms with Crippen LogP contribution in [-0.2, 0) is 9.09 Å². The van der Waals surface area contributed by atoms with E-state index in [1.165, 1.54) is 0 Å². The van der Waals surface area contributed by atoms with E-state index in [2.05, 4.69) is 11.4 Å². The highest BCUT2D eigenvalue weighted by atomic mass is 31.2.